The fraction of sp³-hybridized carbons (Fsp3) is 0.600. The van der Waals surface area contributed by atoms with E-state index in [4.69, 9.17) is 13.9 Å². The molecule has 0 atom stereocenters. The van der Waals surface area contributed by atoms with E-state index in [1.165, 1.54) is 7.11 Å². The lowest BCUT2D eigenvalue weighted by Gasteiger charge is -2.38. The third kappa shape index (κ3) is 5.40. The van der Waals surface area contributed by atoms with Gasteiger partial charge in [-0.05, 0) is 62.4 Å². The molecule has 0 amide bonds. The van der Waals surface area contributed by atoms with Gasteiger partial charge in [0.05, 0.1) is 19.8 Å². The van der Waals surface area contributed by atoms with Crippen molar-refractivity contribution in [3.05, 3.63) is 33.9 Å². The number of benzene rings is 1. The molecule has 0 heterocycles. The van der Waals surface area contributed by atoms with Gasteiger partial charge in [0.25, 0.3) is 8.32 Å². The van der Waals surface area contributed by atoms with Gasteiger partial charge in [-0.2, -0.15) is 0 Å². The molecule has 1 aliphatic carbocycles. The Hall–Kier alpha value is -2.08. The molecule has 2 rings (SSSR count). The Balaban J connectivity index is 2.57. The highest BCUT2D eigenvalue weighted by Gasteiger charge is 2.42. The normalized spacial score (nSPS) is 14.5. The summed E-state index contributed by atoms with van der Waals surface area (Å²) in [6.07, 6.45) is 4.93. The molecular weight excluding hydrogens is 408 g/mol. The molecule has 0 bridgehead atoms. The lowest BCUT2D eigenvalue weighted by molar-refractivity contribution is -0.140. The number of fused-ring (bicyclic) bond motifs is 1. The molecule has 0 N–H and O–H groups in total. The Bertz CT molecular complexity index is 890. The van der Waals surface area contributed by atoms with Gasteiger partial charge in [0.15, 0.2) is 5.78 Å². The molecule has 1 aromatic rings. The minimum absolute atomic E-state index is 0.00317. The summed E-state index contributed by atoms with van der Waals surface area (Å²) < 4.78 is 17.4. The van der Waals surface area contributed by atoms with Gasteiger partial charge >= 0.3 is 5.97 Å². The van der Waals surface area contributed by atoms with E-state index in [-0.39, 0.29) is 16.8 Å². The molecule has 6 heteroatoms. The van der Waals surface area contributed by atoms with Crippen molar-refractivity contribution < 1.29 is 23.5 Å². The maximum Gasteiger partial charge on any atom is 0.305 e. The Labute approximate surface area is 188 Å². The van der Waals surface area contributed by atoms with Crippen LogP contribution < -0.4 is 9.16 Å². The summed E-state index contributed by atoms with van der Waals surface area (Å²) in [7, 11) is 0.900. The summed E-state index contributed by atoms with van der Waals surface area (Å²) in [4.78, 5) is 24.4. The number of ether oxygens (including phenoxy) is 2. The van der Waals surface area contributed by atoms with Crippen molar-refractivity contribution in [1.29, 1.82) is 0 Å². The zero-order valence-corrected chi connectivity index (χ0v) is 21.7. The first-order valence-electron chi connectivity index (χ1n) is 11.0. The van der Waals surface area contributed by atoms with Gasteiger partial charge in [0.1, 0.15) is 11.5 Å². The van der Waals surface area contributed by atoms with Crippen molar-refractivity contribution in [1.82, 2.24) is 0 Å². The predicted octanol–water partition coefficient (Wildman–Crippen LogP) is 5.96. The topological polar surface area (TPSA) is 61.8 Å². The number of carbonyl (C=O) groups is 2. The number of carbonyl (C=O) groups excluding carboxylic acids is 2. The summed E-state index contributed by atoms with van der Waals surface area (Å²) in [5, 5.41) is 0.00317. The smallest absolute Gasteiger partial charge is 0.305 e. The van der Waals surface area contributed by atoms with Crippen molar-refractivity contribution in [2.45, 2.75) is 84.9 Å². The molecular formula is C25H38O5Si. The highest BCUT2D eigenvalue weighted by Crippen LogP contribution is 2.47. The number of hydrogen-bond donors (Lipinski definition) is 0. The lowest BCUT2D eigenvalue weighted by Crippen LogP contribution is -2.44. The van der Waals surface area contributed by atoms with Gasteiger partial charge in [-0.15, -0.1) is 0 Å². The number of esters is 1. The second kappa shape index (κ2) is 9.59. The molecule has 31 heavy (non-hydrogen) atoms. The van der Waals surface area contributed by atoms with Crippen LogP contribution in [0.15, 0.2) is 11.6 Å². The van der Waals surface area contributed by atoms with E-state index in [0.29, 0.717) is 31.4 Å². The molecule has 0 aliphatic heterocycles. The zero-order chi connectivity index (χ0) is 23.6. The first-order chi connectivity index (χ1) is 14.3. The number of methoxy groups -OCH3 is 2. The summed E-state index contributed by atoms with van der Waals surface area (Å²) >= 11 is 0. The van der Waals surface area contributed by atoms with Crippen LogP contribution in [-0.4, -0.2) is 34.3 Å². The Morgan fingerprint density at radius 3 is 2.29 bits per heavy atom. The molecule has 172 valence electrons. The summed E-state index contributed by atoms with van der Waals surface area (Å²) in [5.41, 5.74) is 4.86. The van der Waals surface area contributed by atoms with Gasteiger partial charge in [0.2, 0.25) is 0 Å². The van der Waals surface area contributed by atoms with Gasteiger partial charge in [0, 0.05) is 18.4 Å². The van der Waals surface area contributed by atoms with Crippen molar-refractivity contribution >= 4 is 20.1 Å². The van der Waals surface area contributed by atoms with E-state index < -0.39 is 8.32 Å². The fourth-order valence-electron chi connectivity index (χ4n) is 3.68. The van der Waals surface area contributed by atoms with Crippen LogP contribution in [0.1, 0.15) is 74.0 Å². The maximum absolute atomic E-state index is 12.9. The molecule has 0 saturated heterocycles. The van der Waals surface area contributed by atoms with E-state index in [1.54, 1.807) is 7.11 Å². The van der Waals surface area contributed by atoms with Crippen LogP contribution >= 0.6 is 0 Å². The molecule has 0 spiro atoms. The van der Waals surface area contributed by atoms with E-state index in [9.17, 15) is 9.59 Å². The van der Waals surface area contributed by atoms with Crippen LogP contribution in [0.25, 0.3) is 0 Å². The maximum atomic E-state index is 12.9. The average Bonchev–Trinajstić information content (AvgIpc) is 3.07. The number of allylic oxidation sites excluding steroid dienone is 2. The monoisotopic (exact) mass is 446 g/mol. The van der Waals surface area contributed by atoms with Crippen LogP contribution in [0.3, 0.4) is 0 Å². The van der Waals surface area contributed by atoms with E-state index in [2.05, 4.69) is 39.9 Å². The van der Waals surface area contributed by atoms with Crippen LogP contribution in [0, 0.1) is 6.92 Å². The molecule has 0 fully saturated rings. The lowest BCUT2D eigenvalue weighted by atomic mass is 9.94. The van der Waals surface area contributed by atoms with Crippen LogP contribution in [0.4, 0.5) is 0 Å². The standard InChI is InChI=1S/C25H38O5Si/c1-16(11-15-21(27)28-6)10-12-19-23(29-7)17(2)18-13-14-20(26)22(18)24(19)30-31(8,9)25(3,4)5/h10H,11-15H2,1-9H3/b16-10+. The van der Waals surface area contributed by atoms with Crippen LogP contribution in [-0.2, 0) is 22.4 Å². The number of hydrogen-bond acceptors (Lipinski definition) is 5. The SMILES string of the molecule is COC(=O)CC/C(C)=C/Cc1c(OC)c(C)c2c(c1O[Si](C)(C)C(C)(C)C)C(=O)CC2. The Kier molecular flexibility index (Phi) is 7.79. The number of ketones is 1. The molecule has 0 radical (unpaired) electrons. The quantitative estimate of drug-likeness (QED) is 0.280. The molecule has 5 nitrogen and oxygen atoms in total. The first-order valence-corrected chi connectivity index (χ1v) is 13.9. The fourth-order valence-corrected chi connectivity index (χ4v) is 4.72. The van der Waals surface area contributed by atoms with E-state index in [1.807, 2.05) is 13.8 Å². The van der Waals surface area contributed by atoms with E-state index in [0.717, 1.165) is 40.0 Å². The van der Waals surface area contributed by atoms with Gasteiger partial charge in [-0.3, -0.25) is 9.59 Å². The van der Waals surface area contributed by atoms with Crippen molar-refractivity contribution in [2.24, 2.45) is 0 Å². The molecule has 0 unspecified atom stereocenters. The molecule has 0 saturated carbocycles. The van der Waals surface area contributed by atoms with Gasteiger partial charge in [-0.25, -0.2) is 0 Å². The molecule has 0 aromatic heterocycles. The van der Waals surface area contributed by atoms with Crippen LogP contribution in [0.5, 0.6) is 11.5 Å². The van der Waals surface area contributed by atoms with Gasteiger partial charge in [-0.1, -0.05) is 32.4 Å². The van der Waals surface area contributed by atoms with E-state index >= 15 is 0 Å². The Morgan fingerprint density at radius 2 is 1.74 bits per heavy atom. The molecule has 1 aliphatic rings. The largest absolute Gasteiger partial charge is 0.543 e. The second-order valence-electron chi connectivity index (χ2n) is 9.94. The third-order valence-corrected chi connectivity index (χ3v) is 11.1. The highest BCUT2D eigenvalue weighted by molar-refractivity contribution is 6.74. The predicted molar refractivity (Wildman–Crippen MR) is 127 cm³/mol. The average molecular weight is 447 g/mol. The van der Waals surface area contributed by atoms with Crippen molar-refractivity contribution in [3.8, 4) is 11.5 Å². The summed E-state index contributed by atoms with van der Waals surface area (Å²) in [5.74, 6) is 1.45. The number of rotatable bonds is 8. The van der Waals surface area contributed by atoms with Crippen molar-refractivity contribution in [2.75, 3.05) is 14.2 Å². The first kappa shape index (κ1) is 25.2. The second-order valence-corrected chi connectivity index (χ2v) is 14.7. The zero-order valence-electron chi connectivity index (χ0n) is 20.7. The van der Waals surface area contributed by atoms with Crippen LogP contribution in [0.2, 0.25) is 18.1 Å². The highest BCUT2D eigenvalue weighted by atomic mass is 28.4. The Morgan fingerprint density at radius 1 is 1.10 bits per heavy atom. The van der Waals surface area contributed by atoms with Gasteiger partial charge < -0.3 is 13.9 Å². The molecule has 1 aromatic carbocycles. The third-order valence-electron chi connectivity index (χ3n) is 6.72. The number of Topliss-reactive ketones (excluding diaryl/α,β-unsaturated/α-hetero) is 1. The minimum Gasteiger partial charge on any atom is -0.543 e. The summed E-state index contributed by atoms with van der Waals surface area (Å²) in [6.45, 7) is 15.0. The summed E-state index contributed by atoms with van der Waals surface area (Å²) in [6, 6.07) is 0. The van der Waals surface area contributed by atoms with Crippen molar-refractivity contribution in [3.63, 3.8) is 0 Å². The minimum atomic E-state index is -2.18.